The van der Waals surface area contributed by atoms with Crippen LogP contribution in [0.3, 0.4) is 0 Å². The van der Waals surface area contributed by atoms with E-state index >= 15 is 0 Å². The van der Waals surface area contributed by atoms with Crippen LogP contribution >= 0.6 is 0 Å². The Morgan fingerprint density at radius 1 is 1.54 bits per heavy atom. The lowest BCUT2D eigenvalue weighted by atomic mass is 10.1. The van der Waals surface area contributed by atoms with Crippen molar-refractivity contribution in [2.75, 3.05) is 18.0 Å². The minimum absolute atomic E-state index is 0.0764. The van der Waals surface area contributed by atoms with Crippen molar-refractivity contribution in [1.29, 1.82) is 0 Å². The number of carboxylic acid groups (broad SMARTS) is 1. The third kappa shape index (κ3) is 3.43. The fraction of sp³-hybridized carbons (Fsp3) is 0.444. The molecule has 1 fully saturated rings. The lowest BCUT2D eigenvalue weighted by molar-refractivity contribution is 0.0686. The molecule has 0 amide bonds. The predicted molar refractivity (Wildman–Crippen MR) is 94.7 cm³/mol. The number of aromatic carboxylic acids is 1. The number of rotatable bonds is 3. The molecule has 130 valence electrons. The molecule has 0 aromatic carbocycles. The number of aromatic nitrogens is 2. The number of anilines is 1. The molecular formula is C18H25N3O3. The van der Waals surface area contributed by atoms with Gasteiger partial charge in [-0.2, -0.15) is 5.10 Å². The monoisotopic (exact) mass is 331 g/mol. The van der Waals surface area contributed by atoms with E-state index in [1.807, 2.05) is 26.1 Å². The summed E-state index contributed by atoms with van der Waals surface area (Å²) < 4.78 is 1.59. The van der Waals surface area contributed by atoms with Gasteiger partial charge < -0.3 is 15.1 Å². The molecule has 0 aliphatic carbocycles. The van der Waals surface area contributed by atoms with Crippen LogP contribution in [0.15, 0.2) is 24.9 Å². The summed E-state index contributed by atoms with van der Waals surface area (Å²) in [6.07, 6.45) is 4.77. The summed E-state index contributed by atoms with van der Waals surface area (Å²) in [6.45, 7) is 11.1. The topological polar surface area (TPSA) is 78.1 Å². The first kappa shape index (κ1) is 18.0. The number of carbonyl (C=O) groups is 1. The highest BCUT2D eigenvalue weighted by molar-refractivity contribution is 5.90. The molecular weight excluding hydrogens is 306 g/mol. The van der Waals surface area contributed by atoms with Gasteiger partial charge in [-0.25, -0.2) is 9.31 Å². The molecule has 1 atom stereocenters. The Morgan fingerprint density at radius 3 is 2.71 bits per heavy atom. The molecule has 1 aliphatic rings. The molecule has 6 heteroatoms. The molecule has 2 aromatic heterocycles. The van der Waals surface area contributed by atoms with Gasteiger partial charge in [0.2, 0.25) is 0 Å². The molecule has 0 bridgehead atoms. The first-order valence-corrected chi connectivity index (χ1v) is 8.10. The zero-order valence-corrected chi connectivity index (χ0v) is 14.5. The van der Waals surface area contributed by atoms with Crippen LogP contribution in [0.25, 0.3) is 5.52 Å². The molecule has 3 rings (SSSR count). The molecule has 6 nitrogen and oxygen atoms in total. The van der Waals surface area contributed by atoms with Crippen LogP contribution in [-0.4, -0.2) is 38.9 Å². The van der Waals surface area contributed by atoms with Crippen molar-refractivity contribution in [2.24, 2.45) is 5.92 Å². The Bertz CT molecular complexity index is 752. The van der Waals surface area contributed by atoms with Gasteiger partial charge in [0, 0.05) is 18.7 Å². The van der Waals surface area contributed by atoms with Crippen LogP contribution in [0, 0.1) is 12.8 Å². The molecule has 2 aromatic rings. The molecule has 0 radical (unpaired) electrons. The van der Waals surface area contributed by atoms with Crippen LogP contribution in [0.1, 0.15) is 41.9 Å². The van der Waals surface area contributed by atoms with Crippen molar-refractivity contribution in [3.63, 3.8) is 0 Å². The number of fused-ring (bicyclic) bond motifs is 1. The summed E-state index contributed by atoms with van der Waals surface area (Å²) in [5.74, 6) is -0.445. The number of pyridine rings is 1. The lowest BCUT2D eigenvalue weighted by Gasteiger charge is -2.19. The molecule has 1 unspecified atom stereocenters. The predicted octanol–water partition coefficient (Wildman–Crippen LogP) is 2.87. The van der Waals surface area contributed by atoms with Gasteiger partial charge in [0.15, 0.2) is 5.69 Å². The van der Waals surface area contributed by atoms with Crippen LogP contribution in [0.2, 0.25) is 0 Å². The van der Waals surface area contributed by atoms with Crippen molar-refractivity contribution >= 4 is 17.2 Å². The minimum atomic E-state index is -1.11. The second-order valence-corrected chi connectivity index (χ2v) is 6.21. The highest BCUT2D eigenvalue weighted by Crippen LogP contribution is 2.28. The number of aryl methyl sites for hydroxylation is 1. The van der Waals surface area contributed by atoms with Gasteiger partial charge in [-0.3, -0.25) is 0 Å². The van der Waals surface area contributed by atoms with Gasteiger partial charge in [-0.15, -0.1) is 6.58 Å². The van der Waals surface area contributed by atoms with E-state index < -0.39 is 5.97 Å². The standard InChI is InChI=1S/C15H19N3O3.C3H6/c1-9-3-4-17(6-9)11-5-10(2)14-12(8-19)13(15(20)21)16-18(14)7-11;1-3-2/h5,7,9,19H,3-4,6,8H2,1-2H3,(H,20,21);3H,1H2,2H3. The van der Waals surface area contributed by atoms with Crippen LogP contribution in [-0.2, 0) is 6.61 Å². The van der Waals surface area contributed by atoms with Crippen molar-refractivity contribution in [3.8, 4) is 0 Å². The molecule has 3 heterocycles. The SMILES string of the molecule is C=CC.Cc1cc(N2CCC(C)C2)cn2nc(C(=O)O)c(CO)c12. The third-order valence-corrected chi connectivity index (χ3v) is 4.15. The average molecular weight is 331 g/mol. The molecule has 0 spiro atoms. The van der Waals surface area contributed by atoms with Gasteiger partial charge >= 0.3 is 5.97 Å². The van der Waals surface area contributed by atoms with E-state index in [9.17, 15) is 15.0 Å². The minimum Gasteiger partial charge on any atom is -0.476 e. The van der Waals surface area contributed by atoms with Crippen LogP contribution in [0.5, 0.6) is 0 Å². The van der Waals surface area contributed by atoms with Crippen LogP contribution < -0.4 is 4.90 Å². The largest absolute Gasteiger partial charge is 0.476 e. The highest BCUT2D eigenvalue weighted by Gasteiger charge is 2.23. The smallest absolute Gasteiger partial charge is 0.356 e. The summed E-state index contributed by atoms with van der Waals surface area (Å²) in [5.41, 5.74) is 2.96. The summed E-state index contributed by atoms with van der Waals surface area (Å²) in [5, 5.41) is 22.8. The highest BCUT2D eigenvalue weighted by atomic mass is 16.4. The first-order chi connectivity index (χ1) is 11.4. The Kier molecular flexibility index (Phi) is 5.62. The van der Waals surface area contributed by atoms with E-state index in [2.05, 4.69) is 23.5 Å². The zero-order chi connectivity index (χ0) is 17.9. The second kappa shape index (κ2) is 7.49. The summed E-state index contributed by atoms with van der Waals surface area (Å²) in [7, 11) is 0. The Balaban J connectivity index is 0.000000647. The van der Waals surface area contributed by atoms with Gasteiger partial charge in [0.1, 0.15) is 0 Å². The first-order valence-electron chi connectivity index (χ1n) is 8.10. The van der Waals surface area contributed by atoms with Crippen LogP contribution in [0.4, 0.5) is 5.69 Å². The van der Waals surface area contributed by atoms with E-state index in [0.717, 1.165) is 24.3 Å². The fourth-order valence-electron chi connectivity index (χ4n) is 3.10. The molecule has 0 saturated carbocycles. The van der Waals surface area contributed by atoms with Gasteiger partial charge in [-0.1, -0.05) is 13.0 Å². The maximum atomic E-state index is 11.2. The fourth-order valence-corrected chi connectivity index (χ4v) is 3.10. The van der Waals surface area contributed by atoms with Crippen molar-refractivity contribution in [1.82, 2.24) is 9.61 Å². The molecule has 1 aliphatic heterocycles. The number of carboxylic acids is 1. The van der Waals surface area contributed by atoms with Gasteiger partial charge in [0.25, 0.3) is 0 Å². The average Bonchev–Trinajstić information content (AvgIpc) is 3.11. The van der Waals surface area contributed by atoms with Crippen molar-refractivity contribution in [2.45, 2.75) is 33.8 Å². The zero-order valence-electron chi connectivity index (χ0n) is 14.5. The van der Waals surface area contributed by atoms with Gasteiger partial charge in [-0.05, 0) is 37.8 Å². The number of hydrogen-bond donors (Lipinski definition) is 2. The van der Waals surface area contributed by atoms with Crippen molar-refractivity contribution < 1.29 is 15.0 Å². The Hall–Kier alpha value is -2.34. The summed E-state index contributed by atoms with van der Waals surface area (Å²) in [4.78, 5) is 13.5. The molecule has 2 N–H and O–H groups in total. The van der Waals surface area contributed by atoms with E-state index in [1.54, 1.807) is 10.6 Å². The van der Waals surface area contributed by atoms with E-state index in [-0.39, 0.29) is 12.3 Å². The third-order valence-electron chi connectivity index (χ3n) is 4.15. The maximum absolute atomic E-state index is 11.2. The lowest BCUT2D eigenvalue weighted by Crippen LogP contribution is -2.19. The summed E-state index contributed by atoms with van der Waals surface area (Å²) in [6, 6.07) is 2.04. The normalized spacial score (nSPS) is 16.8. The number of hydrogen-bond acceptors (Lipinski definition) is 4. The molecule has 24 heavy (non-hydrogen) atoms. The second-order valence-electron chi connectivity index (χ2n) is 6.21. The van der Waals surface area contributed by atoms with E-state index in [1.165, 1.54) is 6.42 Å². The Morgan fingerprint density at radius 2 is 2.21 bits per heavy atom. The van der Waals surface area contributed by atoms with Crippen molar-refractivity contribution in [3.05, 3.63) is 41.7 Å². The van der Waals surface area contributed by atoms with Gasteiger partial charge in [0.05, 0.1) is 24.0 Å². The number of nitrogens with zero attached hydrogens (tertiary/aromatic N) is 3. The van der Waals surface area contributed by atoms with E-state index in [0.29, 0.717) is 17.0 Å². The summed E-state index contributed by atoms with van der Waals surface area (Å²) >= 11 is 0. The number of aliphatic hydroxyl groups is 1. The Labute approximate surface area is 142 Å². The quantitative estimate of drug-likeness (QED) is 0.846. The van der Waals surface area contributed by atoms with E-state index in [4.69, 9.17) is 0 Å². The number of aliphatic hydroxyl groups excluding tert-OH is 1. The molecule has 1 saturated heterocycles. The maximum Gasteiger partial charge on any atom is 0.356 e. The number of allylic oxidation sites excluding steroid dienone is 1.